The zero-order chi connectivity index (χ0) is 34.7. The lowest BCUT2D eigenvalue weighted by atomic mass is 9.95. The van der Waals surface area contributed by atoms with E-state index < -0.39 is 0 Å². The first-order valence-corrected chi connectivity index (χ1v) is 17.4. The molecule has 0 bridgehead atoms. The highest BCUT2D eigenvalue weighted by Gasteiger charge is 2.15. The van der Waals surface area contributed by atoms with Gasteiger partial charge in [0, 0.05) is 27.8 Å². The maximum atomic E-state index is 5.05. The zero-order valence-electron chi connectivity index (χ0n) is 28.3. The van der Waals surface area contributed by atoms with Gasteiger partial charge in [-0.1, -0.05) is 176 Å². The number of hydrogen-bond acceptors (Lipinski definition) is 4. The second-order valence-electron chi connectivity index (χ2n) is 12.7. The van der Waals surface area contributed by atoms with Crippen molar-refractivity contribution >= 4 is 10.8 Å². The highest BCUT2D eigenvalue weighted by Crippen LogP contribution is 2.35. The lowest BCUT2D eigenvalue weighted by molar-refractivity contribution is 1.08. The van der Waals surface area contributed by atoms with Crippen molar-refractivity contribution in [2.24, 2.45) is 0 Å². The Morgan fingerprint density at radius 2 is 0.692 bits per heavy atom. The third-order valence-electron chi connectivity index (χ3n) is 9.34. The largest absolute Gasteiger partial charge is 0.248 e. The van der Waals surface area contributed by atoms with Gasteiger partial charge in [-0.25, -0.2) is 19.9 Å². The summed E-state index contributed by atoms with van der Waals surface area (Å²) in [7, 11) is 0. The summed E-state index contributed by atoms with van der Waals surface area (Å²) >= 11 is 0. The highest BCUT2D eigenvalue weighted by molar-refractivity contribution is 5.97. The minimum Gasteiger partial charge on any atom is -0.248 e. The number of rotatable bonds is 7. The number of aromatic nitrogens is 4. The maximum absolute atomic E-state index is 5.05. The molecule has 244 valence electrons. The van der Waals surface area contributed by atoms with E-state index in [1.54, 1.807) is 0 Å². The molecule has 52 heavy (non-hydrogen) atoms. The number of pyridine rings is 1. The molecule has 0 unspecified atom stereocenters. The van der Waals surface area contributed by atoms with Gasteiger partial charge in [-0.3, -0.25) is 0 Å². The quantitative estimate of drug-likeness (QED) is 0.170. The van der Waals surface area contributed by atoms with E-state index in [0.29, 0.717) is 17.5 Å². The molecule has 0 saturated carbocycles. The topological polar surface area (TPSA) is 51.6 Å². The van der Waals surface area contributed by atoms with Crippen LogP contribution >= 0.6 is 0 Å². The molecule has 2 aromatic heterocycles. The van der Waals surface area contributed by atoms with E-state index >= 15 is 0 Å². The fraction of sp³-hybridized carbons (Fsp3) is 0. The van der Waals surface area contributed by atoms with Gasteiger partial charge in [0.25, 0.3) is 0 Å². The van der Waals surface area contributed by atoms with E-state index in [4.69, 9.17) is 19.9 Å². The van der Waals surface area contributed by atoms with Crippen LogP contribution in [0, 0.1) is 0 Å². The van der Waals surface area contributed by atoms with E-state index in [1.165, 1.54) is 0 Å². The van der Waals surface area contributed by atoms with Gasteiger partial charge in [0.2, 0.25) is 0 Å². The fourth-order valence-electron chi connectivity index (χ4n) is 6.65. The van der Waals surface area contributed by atoms with Crippen molar-refractivity contribution in [1.29, 1.82) is 0 Å². The van der Waals surface area contributed by atoms with Crippen LogP contribution in [-0.2, 0) is 0 Å². The Hall–Kier alpha value is -7.04. The summed E-state index contributed by atoms with van der Waals surface area (Å²) in [5.74, 6) is 1.95. The molecule has 9 rings (SSSR count). The molecule has 0 N–H and O–H groups in total. The molecular formula is C48H32N4. The van der Waals surface area contributed by atoms with Gasteiger partial charge in [-0.15, -0.1) is 0 Å². The van der Waals surface area contributed by atoms with Crippen molar-refractivity contribution in [1.82, 2.24) is 19.9 Å². The van der Waals surface area contributed by atoms with Crippen molar-refractivity contribution in [3.63, 3.8) is 0 Å². The van der Waals surface area contributed by atoms with Crippen molar-refractivity contribution in [2.45, 2.75) is 0 Å². The van der Waals surface area contributed by atoms with Crippen LogP contribution < -0.4 is 0 Å². The Morgan fingerprint density at radius 3 is 1.21 bits per heavy atom. The number of nitrogens with zero attached hydrogens (tertiary/aromatic N) is 4. The van der Waals surface area contributed by atoms with Gasteiger partial charge in [-0.2, -0.15) is 0 Å². The van der Waals surface area contributed by atoms with Gasteiger partial charge in [-0.05, 0) is 51.2 Å². The number of hydrogen-bond donors (Lipinski definition) is 0. The Kier molecular flexibility index (Phi) is 8.16. The summed E-state index contributed by atoms with van der Waals surface area (Å²) in [5.41, 5.74) is 11.5. The van der Waals surface area contributed by atoms with Crippen molar-refractivity contribution in [3.05, 3.63) is 194 Å². The van der Waals surface area contributed by atoms with Crippen molar-refractivity contribution in [2.75, 3.05) is 0 Å². The minimum absolute atomic E-state index is 0.650. The van der Waals surface area contributed by atoms with Crippen LogP contribution in [0.4, 0.5) is 0 Å². The molecule has 2 heterocycles. The van der Waals surface area contributed by atoms with E-state index in [2.05, 4.69) is 121 Å². The first kappa shape index (κ1) is 31.0. The molecule has 9 aromatic rings. The predicted molar refractivity (Wildman–Crippen MR) is 213 cm³/mol. The van der Waals surface area contributed by atoms with Crippen LogP contribution in [0.25, 0.3) is 89.7 Å². The SMILES string of the molecule is c1ccc(-c2cc(-c3ccc(-c4ccc5c(-c6nc(-c7ccccc7)nc(-c7ccccc7)n6)cccc5c4)cc3)cc(-c3ccccc3)n2)cc1. The molecule has 4 heteroatoms. The molecule has 0 aliphatic rings. The molecule has 0 atom stereocenters. The van der Waals surface area contributed by atoms with Crippen LogP contribution in [0.2, 0.25) is 0 Å². The third kappa shape index (κ3) is 6.26. The normalized spacial score (nSPS) is 11.1. The minimum atomic E-state index is 0.650. The van der Waals surface area contributed by atoms with Gasteiger partial charge >= 0.3 is 0 Å². The van der Waals surface area contributed by atoms with E-state index in [-0.39, 0.29) is 0 Å². The third-order valence-corrected chi connectivity index (χ3v) is 9.34. The zero-order valence-corrected chi connectivity index (χ0v) is 28.3. The first-order valence-electron chi connectivity index (χ1n) is 17.4. The standard InChI is InChI=1S/C48H32N4/c1-5-14-35(15-6-1)44-31-41(32-45(49-44)36-16-7-2-8-17-36)34-26-24-33(25-27-34)39-28-29-42-40(30-39)22-13-23-43(42)48-51-46(37-18-9-3-10-19-37)50-47(52-48)38-20-11-4-12-21-38/h1-32H. The number of fused-ring (bicyclic) bond motifs is 1. The highest BCUT2D eigenvalue weighted by atomic mass is 15.0. The van der Waals surface area contributed by atoms with E-state index in [0.717, 1.165) is 72.2 Å². The molecule has 0 saturated heterocycles. The van der Waals surface area contributed by atoms with Crippen LogP contribution in [0.3, 0.4) is 0 Å². The van der Waals surface area contributed by atoms with Gasteiger partial charge < -0.3 is 0 Å². The molecule has 0 aliphatic heterocycles. The van der Waals surface area contributed by atoms with Crippen molar-refractivity contribution in [3.8, 4) is 78.9 Å². The average Bonchev–Trinajstić information content (AvgIpc) is 3.24. The van der Waals surface area contributed by atoms with Gasteiger partial charge in [0.05, 0.1) is 11.4 Å². The Bertz CT molecular complexity index is 2530. The summed E-state index contributed by atoms with van der Waals surface area (Å²) in [6, 6.07) is 67.1. The Balaban J connectivity index is 1.08. The fourth-order valence-corrected chi connectivity index (χ4v) is 6.65. The molecule has 0 spiro atoms. The van der Waals surface area contributed by atoms with E-state index in [1.807, 2.05) is 72.8 Å². The van der Waals surface area contributed by atoms with Crippen LogP contribution in [0.1, 0.15) is 0 Å². The summed E-state index contributed by atoms with van der Waals surface area (Å²) in [6.07, 6.45) is 0. The number of benzene rings is 7. The summed E-state index contributed by atoms with van der Waals surface area (Å²) in [6.45, 7) is 0. The van der Waals surface area contributed by atoms with Crippen molar-refractivity contribution < 1.29 is 0 Å². The molecule has 0 amide bonds. The molecule has 0 aliphatic carbocycles. The summed E-state index contributed by atoms with van der Waals surface area (Å²) < 4.78 is 0. The predicted octanol–water partition coefficient (Wildman–Crippen LogP) is 12.1. The lowest BCUT2D eigenvalue weighted by Gasteiger charge is -2.12. The Morgan fingerprint density at radius 1 is 0.250 bits per heavy atom. The summed E-state index contributed by atoms with van der Waals surface area (Å²) in [5, 5.41) is 2.21. The van der Waals surface area contributed by atoms with Crippen LogP contribution in [-0.4, -0.2) is 19.9 Å². The molecular weight excluding hydrogens is 633 g/mol. The first-order chi connectivity index (χ1) is 25.7. The monoisotopic (exact) mass is 664 g/mol. The summed E-state index contributed by atoms with van der Waals surface area (Å²) in [4.78, 5) is 19.9. The van der Waals surface area contributed by atoms with E-state index in [9.17, 15) is 0 Å². The maximum Gasteiger partial charge on any atom is 0.164 e. The van der Waals surface area contributed by atoms with Crippen LogP contribution in [0.15, 0.2) is 194 Å². The molecule has 7 aromatic carbocycles. The second-order valence-corrected chi connectivity index (χ2v) is 12.7. The molecule has 0 fully saturated rings. The molecule has 0 radical (unpaired) electrons. The second kappa shape index (κ2) is 13.7. The van der Waals surface area contributed by atoms with Crippen LogP contribution in [0.5, 0.6) is 0 Å². The lowest BCUT2D eigenvalue weighted by Crippen LogP contribution is -2.00. The Labute approximate surface area is 302 Å². The van der Waals surface area contributed by atoms with Gasteiger partial charge in [0.1, 0.15) is 0 Å². The molecule has 4 nitrogen and oxygen atoms in total. The average molecular weight is 665 g/mol. The van der Waals surface area contributed by atoms with Gasteiger partial charge in [0.15, 0.2) is 17.5 Å². The smallest absolute Gasteiger partial charge is 0.164 e.